The third kappa shape index (κ3) is 6.95. The number of likely N-dealkylation sites (tertiary alicyclic amines) is 1. The van der Waals surface area contributed by atoms with Gasteiger partial charge in [-0.3, -0.25) is 19.3 Å². The Bertz CT molecular complexity index is 739. The highest BCUT2D eigenvalue weighted by Gasteiger charge is 2.32. The van der Waals surface area contributed by atoms with Crippen LogP contribution in [0.2, 0.25) is 0 Å². The lowest BCUT2D eigenvalue weighted by Gasteiger charge is -2.38. The Balaban J connectivity index is 1.36. The van der Waals surface area contributed by atoms with Crippen molar-refractivity contribution in [2.75, 3.05) is 52.4 Å². The van der Waals surface area contributed by atoms with Crippen LogP contribution in [0.25, 0.3) is 0 Å². The van der Waals surface area contributed by atoms with Crippen LogP contribution in [-0.2, 0) is 14.4 Å². The van der Waals surface area contributed by atoms with Crippen LogP contribution in [-0.4, -0.2) is 90.9 Å². The molecule has 0 bridgehead atoms. The fourth-order valence-corrected chi connectivity index (χ4v) is 4.08. The van der Waals surface area contributed by atoms with E-state index in [4.69, 9.17) is 4.74 Å². The normalized spacial score (nSPS) is 18.2. The van der Waals surface area contributed by atoms with Crippen molar-refractivity contribution in [3.05, 3.63) is 30.3 Å². The number of benzene rings is 1. The van der Waals surface area contributed by atoms with Crippen LogP contribution in [0.1, 0.15) is 26.7 Å². The first-order chi connectivity index (χ1) is 14.9. The zero-order chi connectivity index (χ0) is 22.2. The molecule has 2 heterocycles. The summed E-state index contributed by atoms with van der Waals surface area (Å²) in [6.07, 6.45) is 1.37. The Morgan fingerprint density at radius 2 is 1.61 bits per heavy atom. The molecule has 0 saturated carbocycles. The average molecular weight is 431 g/mol. The molecule has 0 aliphatic carbocycles. The molecule has 2 fully saturated rings. The van der Waals surface area contributed by atoms with Gasteiger partial charge in [0, 0.05) is 51.2 Å². The number of nitrogens with one attached hydrogen (secondary N) is 1. The molecule has 8 heteroatoms. The maximum absolute atomic E-state index is 12.9. The topological polar surface area (TPSA) is 82.2 Å². The molecule has 2 aliphatic heterocycles. The number of nitrogens with zero attached hydrogens (tertiary/aromatic N) is 3. The first-order valence-electron chi connectivity index (χ1n) is 11.2. The number of piperazine rings is 1. The molecular weight excluding hydrogens is 396 g/mol. The van der Waals surface area contributed by atoms with E-state index in [1.54, 1.807) is 4.90 Å². The van der Waals surface area contributed by atoms with Crippen LogP contribution in [0.15, 0.2) is 30.3 Å². The number of amides is 3. The summed E-state index contributed by atoms with van der Waals surface area (Å²) in [6, 6.07) is 9.44. The minimum absolute atomic E-state index is 0.0228. The number of piperidine rings is 1. The zero-order valence-corrected chi connectivity index (χ0v) is 18.6. The van der Waals surface area contributed by atoms with Gasteiger partial charge in [-0.2, -0.15) is 0 Å². The Kier molecular flexibility index (Phi) is 8.28. The van der Waals surface area contributed by atoms with Gasteiger partial charge in [0.15, 0.2) is 6.61 Å². The third-order valence-electron chi connectivity index (χ3n) is 5.80. The summed E-state index contributed by atoms with van der Waals surface area (Å²) in [5.41, 5.74) is 0. The molecule has 8 nitrogen and oxygen atoms in total. The second kappa shape index (κ2) is 11.1. The van der Waals surface area contributed by atoms with Gasteiger partial charge in [-0.25, -0.2) is 0 Å². The van der Waals surface area contributed by atoms with E-state index < -0.39 is 0 Å². The SMILES string of the molecule is CC(C)NC(=O)CN1CCN(C(=O)C2CCN(C(=O)COc3ccccc3)CC2)CC1. The maximum Gasteiger partial charge on any atom is 0.260 e. The van der Waals surface area contributed by atoms with Crippen molar-refractivity contribution in [2.24, 2.45) is 5.92 Å². The van der Waals surface area contributed by atoms with E-state index in [1.807, 2.05) is 49.1 Å². The molecule has 3 amide bonds. The highest BCUT2D eigenvalue weighted by atomic mass is 16.5. The lowest BCUT2D eigenvalue weighted by Crippen LogP contribution is -2.53. The van der Waals surface area contributed by atoms with Gasteiger partial charge in [0.25, 0.3) is 5.91 Å². The molecule has 2 saturated heterocycles. The molecular formula is C23H34N4O4. The smallest absolute Gasteiger partial charge is 0.260 e. The van der Waals surface area contributed by atoms with Crippen LogP contribution in [0.3, 0.4) is 0 Å². The van der Waals surface area contributed by atoms with E-state index in [9.17, 15) is 14.4 Å². The third-order valence-corrected chi connectivity index (χ3v) is 5.80. The van der Waals surface area contributed by atoms with Crippen molar-refractivity contribution in [3.63, 3.8) is 0 Å². The Morgan fingerprint density at radius 1 is 0.968 bits per heavy atom. The van der Waals surface area contributed by atoms with Crippen molar-refractivity contribution in [2.45, 2.75) is 32.7 Å². The molecule has 0 radical (unpaired) electrons. The zero-order valence-electron chi connectivity index (χ0n) is 18.6. The fraction of sp³-hybridized carbons (Fsp3) is 0.609. The number of hydrogen-bond donors (Lipinski definition) is 1. The molecule has 0 atom stereocenters. The number of hydrogen-bond acceptors (Lipinski definition) is 5. The van der Waals surface area contributed by atoms with Gasteiger partial charge in [0.05, 0.1) is 6.54 Å². The van der Waals surface area contributed by atoms with Crippen molar-refractivity contribution in [1.29, 1.82) is 0 Å². The van der Waals surface area contributed by atoms with Gasteiger partial charge >= 0.3 is 0 Å². The molecule has 31 heavy (non-hydrogen) atoms. The Labute approximate surface area is 184 Å². The van der Waals surface area contributed by atoms with Crippen LogP contribution in [0.5, 0.6) is 5.75 Å². The summed E-state index contributed by atoms with van der Waals surface area (Å²) in [7, 11) is 0. The molecule has 3 rings (SSSR count). The van der Waals surface area contributed by atoms with Crippen molar-refractivity contribution >= 4 is 17.7 Å². The molecule has 170 valence electrons. The van der Waals surface area contributed by atoms with Crippen LogP contribution >= 0.6 is 0 Å². The average Bonchev–Trinajstić information content (AvgIpc) is 2.78. The van der Waals surface area contributed by atoms with E-state index in [1.165, 1.54) is 0 Å². The minimum Gasteiger partial charge on any atom is -0.484 e. The lowest BCUT2D eigenvalue weighted by molar-refractivity contribution is -0.142. The van der Waals surface area contributed by atoms with E-state index in [0.717, 1.165) is 0 Å². The van der Waals surface area contributed by atoms with Crippen molar-refractivity contribution < 1.29 is 19.1 Å². The first kappa shape index (κ1) is 23.1. The van der Waals surface area contributed by atoms with Gasteiger partial charge in [-0.1, -0.05) is 18.2 Å². The van der Waals surface area contributed by atoms with E-state index in [2.05, 4.69) is 10.2 Å². The van der Waals surface area contributed by atoms with E-state index in [0.29, 0.717) is 64.4 Å². The molecule has 0 spiro atoms. The molecule has 0 aromatic heterocycles. The minimum atomic E-state index is -0.0389. The molecule has 1 aromatic carbocycles. The first-order valence-corrected chi connectivity index (χ1v) is 11.2. The van der Waals surface area contributed by atoms with Gasteiger partial charge in [0.2, 0.25) is 11.8 Å². The predicted octanol–water partition coefficient (Wildman–Crippen LogP) is 0.973. The summed E-state index contributed by atoms with van der Waals surface area (Å²) in [4.78, 5) is 43.0. The van der Waals surface area contributed by atoms with Crippen LogP contribution in [0, 0.1) is 5.92 Å². The highest BCUT2D eigenvalue weighted by molar-refractivity contribution is 5.81. The van der Waals surface area contributed by atoms with Crippen molar-refractivity contribution in [3.8, 4) is 5.75 Å². The van der Waals surface area contributed by atoms with Gasteiger partial charge in [-0.15, -0.1) is 0 Å². The molecule has 2 aliphatic rings. The second-order valence-corrected chi connectivity index (χ2v) is 8.58. The molecule has 1 aromatic rings. The van der Waals surface area contributed by atoms with E-state index in [-0.39, 0.29) is 36.3 Å². The monoisotopic (exact) mass is 430 g/mol. The lowest BCUT2D eigenvalue weighted by atomic mass is 9.95. The van der Waals surface area contributed by atoms with Gasteiger partial charge in [0.1, 0.15) is 5.75 Å². The van der Waals surface area contributed by atoms with Crippen LogP contribution in [0.4, 0.5) is 0 Å². The number of carbonyl (C=O) groups excluding carboxylic acids is 3. The summed E-state index contributed by atoms with van der Waals surface area (Å²) >= 11 is 0. The second-order valence-electron chi connectivity index (χ2n) is 8.58. The summed E-state index contributed by atoms with van der Waals surface area (Å²) in [6.45, 7) is 8.20. The van der Waals surface area contributed by atoms with Crippen LogP contribution < -0.4 is 10.1 Å². The summed E-state index contributed by atoms with van der Waals surface area (Å²) < 4.78 is 5.55. The largest absolute Gasteiger partial charge is 0.484 e. The summed E-state index contributed by atoms with van der Waals surface area (Å²) in [5, 5.41) is 2.90. The Hall–Kier alpha value is -2.61. The highest BCUT2D eigenvalue weighted by Crippen LogP contribution is 2.21. The number of ether oxygens (including phenoxy) is 1. The fourth-order valence-electron chi connectivity index (χ4n) is 4.08. The predicted molar refractivity (Wildman–Crippen MR) is 118 cm³/mol. The van der Waals surface area contributed by atoms with Crippen molar-refractivity contribution in [1.82, 2.24) is 20.0 Å². The van der Waals surface area contributed by atoms with E-state index >= 15 is 0 Å². The molecule has 1 N–H and O–H groups in total. The maximum atomic E-state index is 12.9. The number of carbonyl (C=O) groups is 3. The standard InChI is InChI=1S/C23H34N4O4/c1-18(2)24-21(28)16-25-12-14-27(15-13-25)23(30)19-8-10-26(11-9-19)22(29)17-31-20-6-4-3-5-7-20/h3-7,18-19H,8-17H2,1-2H3,(H,24,28). The number of rotatable bonds is 7. The van der Waals surface area contributed by atoms with Gasteiger partial charge in [-0.05, 0) is 38.8 Å². The quantitative estimate of drug-likeness (QED) is 0.697. The van der Waals surface area contributed by atoms with Gasteiger partial charge < -0.3 is 19.9 Å². The Morgan fingerprint density at radius 3 is 2.23 bits per heavy atom. The summed E-state index contributed by atoms with van der Waals surface area (Å²) in [5.74, 6) is 0.821. The molecule has 0 unspecified atom stereocenters. The number of para-hydroxylation sites is 1.